The van der Waals surface area contributed by atoms with E-state index in [1.165, 1.54) is 5.57 Å². The third-order valence-electron chi connectivity index (χ3n) is 13.8. The number of rotatable bonds is 3. The van der Waals surface area contributed by atoms with Gasteiger partial charge in [-0.1, -0.05) is 53.2 Å². The zero-order chi connectivity index (χ0) is 30.5. The first kappa shape index (κ1) is 29.1. The molecule has 9 unspecified atom stereocenters. The lowest BCUT2D eigenvalue weighted by Crippen LogP contribution is -2.66. The van der Waals surface area contributed by atoms with E-state index in [9.17, 15) is 19.6 Å². The summed E-state index contributed by atoms with van der Waals surface area (Å²) < 4.78 is 5.43. The van der Waals surface area contributed by atoms with E-state index in [4.69, 9.17) is 4.42 Å². The first-order valence-electron chi connectivity index (χ1n) is 15.8. The standard InChI is InChI=1S/C36H46N2O4/c1-31(2)25-10-13-35(6)26(34(25,5)12-11-27(31)40)19-24(39)29-28-23(20-37)33(4,30(41)38-21-22-9-8-18-42-22)16-14-32(28,3)15-17-36(29,35)7/h8-9,11-12,18-19,23,25,28-29H,10,13-17,21H2,1-7H3,(H,38,41). The Morgan fingerprint density at radius 3 is 2.43 bits per heavy atom. The van der Waals surface area contributed by atoms with Crippen molar-refractivity contribution in [3.8, 4) is 6.07 Å². The number of carbonyl (C=O) groups is 3. The van der Waals surface area contributed by atoms with Gasteiger partial charge in [0.15, 0.2) is 11.6 Å². The van der Waals surface area contributed by atoms with Gasteiger partial charge in [-0.15, -0.1) is 0 Å². The zero-order valence-electron chi connectivity index (χ0n) is 26.3. The average molecular weight is 571 g/mol. The Morgan fingerprint density at radius 1 is 1.05 bits per heavy atom. The van der Waals surface area contributed by atoms with E-state index in [0.29, 0.717) is 12.2 Å². The number of furan rings is 1. The van der Waals surface area contributed by atoms with Gasteiger partial charge in [0, 0.05) is 16.7 Å². The molecule has 3 saturated carbocycles. The van der Waals surface area contributed by atoms with Crippen molar-refractivity contribution in [2.24, 2.45) is 56.2 Å². The first-order valence-corrected chi connectivity index (χ1v) is 15.8. The highest BCUT2D eigenvalue weighted by Crippen LogP contribution is 2.74. The van der Waals surface area contributed by atoms with E-state index in [-0.39, 0.29) is 63.4 Å². The van der Waals surface area contributed by atoms with Crippen LogP contribution in [0.2, 0.25) is 0 Å². The predicted octanol–water partition coefficient (Wildman–Crippen LogP) is 6.97. The second kappa shape index (κ2) is 9.04. The van der Waals surface area contributed by atoms with Crippen LogP contribution in [0, 0.1) is 67.5 Å². The summed E-state index contributed by atoms with van der Waals surface area (Å²) in [6, 6.07) is 6.23. The van der Waals surface area contributed by atoms with E-state index < -0.39 is 16.7 Å². The highest BCUT2D eigenvalue weighted by Gasteiger charge is 2.71. The first-order chi connectivity index (χ1) is 19.6. The molecule has 1 aromatic rings. The molecular weight excluding hydrogens is 524 g/mol. The van der Waals surface area contributed by atoms with Gasteiger partial charge in [-0.3, -0.25) is 14.4 Å². The lowest BCUT2D eigenvalue weighted by molar-refractivity contribution is -0.181. The van der Waals surface area contributed by atoms with Gasteiger partial charge in [-0.05, 0) is 97.8 Å². The van der Waals surface area contributed by atoms with E-state index in [2.05, 4.69) is 59.0 Å². The quantitative estimate of drug-likeness (QED) is 0.423. The van der Waals surface area contributed by atoms with Gasteiger partial charge in [-0.25, -0.2) is 0 Å². The molecule has 0 radical (unpaired) electrons. The summed E-state index contributed by atoms with van der Waals surface area (Å²) in [7, 11) is 0. The van der Waals surface area contributed by atoms with Gasteiger partial charge in [0.1, 0.15) is 5.76 Å². The molecule has 1 heterocycles. The summed E-state index contributed by atoms with van der Waals surface area (Å²) >= 11 is 0. The van der Waals surface area contributed by atoms with Crippen molar-refractivity contribution in [2.75, 3.05) is 0 Å². The van der Waals surface area contributed by atoms with E-state index >= 15 is 0 Å². The number of hydrogen-bond donors (Lipinski definition) is 1. The van der Waals surface area contributed by atoms with Gasteiger partial charge >= 0.3 is 0 Å². The number of nitriles is 1. The molecule has 42 heavy (non-hydrogen) atoms. The molecule has 3 fully saturated rings. The number of allylic oxidation sites excluding steroid dienone is 4. The van der Waals surface area contributed by atoms with Gasteiger partial charge in [0.2, 0.25) is 5.91 Å². The molecule has 6 heteroatoms. The van der Waals surface area contributed by atoms with Crippen molar-refractivity contribution >= 4 is 17.5 Å². The van der Waals surface area contributed by atoms with Crippen LogP contribution in [0.15, 0.2) is 46.6 Å². The predicted molar refractivity (Wildman–Crippen MR) is 159 cm³/mol. The van der Waals surface area contributed by atoms with Gasteiger partial charge in [-0.2, -0.15) is 5.26 Å². The molecule has 1 aromatic heterocycles. The average Bonchev–Trinajstić information content (AvgIpc) is 3.46. The normalized spacial score (nSPS) is 45.4. The summed E-state index contributed by atoms with van der Waals surface area (Å²) in [6.07, 6.45) is 12.4. The number of fused-ring (bicyclic) bond motifs is 7. The zero-order valence-corrected chi connectivity index (χ0v) is 26.3. The molecule has 0 aliphatic heterocycles. The smallest absolute Gasteiger partial charge is 0.227 e. The number of ketones is 2. The molecule has 0 bridgehead atoms. The van der Waals surface area contributed by atoms with Crippen molar-refractivity contribution in [1.82, 2.24) is 5.32 Å². The minimum atomic E-state index is -0.908. The fourth-order valence-electron chi connectivity index (χ4n) is 10.8. The molecule has 6 rings (SSSR count). The van der Waals surface area contributed by atoms with Crippen molar-refractivity contribution in [1.29, 1.82) is 5.26 Å². The molecule has 5 aliphatic carbocycles. The number of amides is 1. The molecular formula is C36H46N2O4. The van der Waals surface area contributed by atoms with Gasteiger partial charge in [0.05, 0.1) is 30.2 Å². The Bertz CT molecular complexity index is 1450. The van der Waals surface area contributed by atoms with Crippen LogP contribution in [-0.4, -0.2) is 17.5 Å². The summed E-state index contributed by atoms with van der Waals surface area (Å²) in [5, 5.41) is 13.8. The molecule has 0 aromatic carbocycles. The highest BCUT2D eigenvalue weighted by atomic mass is 16.3. The molecule has 9 atom stereocenters. The third-order valence-corrected chi connectivity index (χ3v) is 13.8. The second-order valence-corrected chi connectivity index (χ2v) is 15.9. The fraction of sp³-hybridized carbons (Fsp3) is 0.667. The minimum absolute atomic E-state index is 0.103. The Kier molecular flexibility index (Phi) is 6.27. The molecule has 224 valence electrons. The Hall–Kier alpha value is -2.94. The molecule has 6 nitrogen and oxygen atoms in total. The number of nitrogens with one attached hydrogen (secondary N) is 1. The number of hydrogen-bond acceptors (Lipinski definition) is 5. The van der Waals surface area contributed by atoms with E-state index in [0.717, 1.165) is 32.1 Å². The number of carbonyl (C=O) groups excluding carboxylic acids is 3. The maximum atomic E-state index is 14.6. The fourth-order valence-corrected chi connectivity index (χ4v) is 10.8. The topological polar surface area (TPSA) is 100 Å². The Labute approximate surface area is 250 Å². The van der Waals surface area contributed by atoms with Crippen LogP contribution in [0.1, 0.15) is 92.8 Å². The van der Waals surface area contributed by atoms with Crippen LogP contribution in [-0.2, 0) is 20.9 Å². The SMILES string of the molecule is CC12CCC(C)(C(=O)NCc3ccco3)C(C#N)C1C1C(=O)C=C3C4(C)C=CC(=O)C(C)(C)C4CCC3(C)C1(C)CC2. The summed E-state index contributed by atoms with van der Waals surface area (Å²) in [5.41, 5.74) is -1.41. The summed E-state index contributed by atoms with van der Waals surface area (Å²) in [6.45, 7) is 15.5. The van der Waals surface area contributed by atoms with Crippen molar-refractivity contribution < 1.29 is 18.8 Å². The van der Waals surface area contributed by atoms with Crippen LogP contribution in [0.3, 0.4) is 0 Å². The highest BCUT2D eigenvalue weighted by molar-refractivity contribution is 5.98. The lowest BCUT2D eigenvalue weighted by atomic mass is 9.33. The van der Waals surface area contributed by atoms with Crippen molar-refractivity contribution in [3.05, 3.63) is 48.0 Å². The maximum Gasteiger partial charge on any atom is 0.227 e. The molecule has 0 spiro atoms. The molecule has 0 saturated heterocycles. The van der Waals surface area contributed by atoms with Crippen LogP contribution in [0.25, 0.3) is 0 Å². The molecule has 1 amide bonds. The lowest BCUT2D eigenvalue weighted by Gasteiger charge is -2.69. The largest absolute Gasteiger partial charge is 0.467 e. The van der Waals surface area contributed by atoms with Gasteiger partial charge in [0.25, 0.3) is 0 Å². The maximum absolute atomic E-state index is 14.6. The van der Waals surface area contributed by atoms with Crippen molar-refractivity contribution in [2.45, 2.75) is 93.5 Å². The van der Waals surface area contributed by atoms with Crippen LogP contribution in [0.4, 0.5) is 0 Å². The monoisotopic (exact) mass is 570 g/mol. The van der Waals surface area contributed by atoms with Crippen molar-refractivity contribution in [3.63, 3.8) is 0 Å². The Balaban J connectivity index is 1.42. The Morgan fingerprint density at radius 2 is 1.76 bits per heavy atom. The summed E-state index contributed by atoms with van der Waals surface area (Å²) in [5.74, 6) is -0.215. The third kappa shape index (κ3) is 3.58. The van der Waals surface area contributed by atoms with E-state index in [1.54, 1.807) is 18.4 Å². The van der Waals surface area contributed by atoms with E-state index in [1.807, 2.05) is 19.1 Å². The molecule has 5 aliphatic rings. The minimum Gasteiger partial charge on any atom is -0.467 e. The second-order valence-electron chi connectivity index (χ2n) is 15.9. The molecule has 1 N–H and O–H groups in total. The van der Waals surface area contributed by atoms with Crippen LogP contribution < -0.4 is 5.32 Å². The van der Waals surface area contributed by atoms with Gasteiger partial charge < -0.3 is 9.73 Å². The number of nitrogens with zero attached hydrogens (tertiary/aromatic N) is 1. The van der Waals surface area contributed by atoms with Crippen LogP contribution >= 0.6 is 0 Å². The summed E-state index contributed by atoms with van der Waals surface area (Å²) in [4.78, 5) is 41.4. The van der Waals surface area contributed by atoms with Crippen LogP contribution in [0.5, 0.6) is 0 Å².